The maximum Gasteiger partial charge on any atom is 0.409 e. The first-order chi connectivity index (χ1) is 8.13. The van der Waals surface area contributed by atoms with Crippen molar-refractivity contribution >= 4 is 20.0 Å². The van der Waals surface area contributed by atoms with Crippen molar-refractivity contribution in [1.82, 2.24) is 0 Å². The largest absolute Gasteiger partial charge is 0.409 e. The van der Waals surface area contributed by atoms with E-state index in [1.165, 1.54) is 6.07 Å². The molecule has 0 saturated carbocycles. The molecule has 0 heterocycles. The second kappa shape index (κ2) is 5.53. The lowest BCUT2D eigenvalue weighted by molar-refractivity contribution is 0.103. The molecule has 0 aliphatic carbocycles. The summed E-state index contributed by atoms with van der Waals surface area (Å²) < 4.78 is 26.8. The molecule has 1 aromatic rings. The summed E-state index contributed by atoms with van der Waals surface area (Å²) in [5, 5.41) is 9.69. The van der Waals surface area contributed by atoms with Gasteiger partial charge in [0.2, 0.25) is 0 Å². The zero-order chi connectivity index (χ0) is 14.0. The molecule has 3 atom stereocenters. The highest BCUT2D eigenvalue weighted by molar-refractivity contribution is 8.28. The highest BCUT2D eigenvalue weighted by Crippen LogP contribution is 2.75. The van der Waals surface area contributed by atoms with Crippen molar-refractivity contribution < 1.29 is 28.5 Å². The molecule has 18 heavy (non-hydrogen) atoms. The third kappa shape index (κ3) is 3.92. The molecule has 0 aromatic heterocycles. The quantitative estimate of drug-likeness (QED) is 0.476. The van der Waals surface area contributed by atoms with E-state index in [9.17, 15) is 19.1 Å². The summed E-state index contributed by atoms with van der Waals surface area (Å²) in [6.45, 7) is 0.149. The Morgan fingerprint density at radius 1 is 1.39 bits per heavy atom. The number of aliphatic hydroxyl groups excluding tert-OH is 1. The van der Waals surface area contributed by atoms with Gasteiger partial charge in [-0.3, -0.25) is 9.09 Å². The third-order valence-electron chi connectivity index (χ3n) is 2.16. The predicted octanol–water partition coefficient (Wildman–Crippen LogP) is 1.32. The Labute approximate surface area is 104 Å². The number of hydrogen-bond donors (Lipinski definition) is 4. The van der Waals surface area contributed by atoms with Gasteiger partial charge in [0.25, 0.3) is 0 Å². The van der Waals surface area contributed by atoms with Gasteiger partial charge >= 0.3 is 14.3 Å². The molecular formula is C9H15NO6P2. The Balaban J connectivity index is 2.70. The Kier molecular flexibility index (Phi) is 4.72. The molecule has 0 bridgehead atoms. The van der Waals surface area contributed by atoms with Gasteiger partial charge in [0.1, 0.15) is 6.10 Å². The number of nitrogens with two attached hydrogens (primary N) is 1. The SMILES string of the molecule is CP(=O)(O)P(=O)(O)OCC(O)c1cccc(N)c1. The minimum Gasteiger partial charge on any atom is -0.399 e. The van der Waals surface area contributed by atoms with E-state index >= 15 is 0 Å². The van der Waals surface area contributed by atoms with Crippen LogP contribution >= 0.6 is 14.3 Å². The van der Waals surface area contributed by atoms with Crippen LogP contribution in [0, 0.1) is 0 Å². The molecule has 5 N–H and O–H groups in total. The molecule has 0 amide bonds. The molecule has 1 aromatic carbocycles. The molecule has 9 heteroatoms. The van der Waals surface area contributed by atoms with E-state index in [1.54, 1.807) is 18.2 Å². The molecule has 3 unspecified atom stereocenters. The average molecular weight is 295 g/mol. The van der Waals surface area contributed by atoms with Crippen molar-refractivity contribution in [3.8, 4) is 0 Å². The molecule has 0 spiro atoms. The van der Waals surface area contributed by atoms with Gasteiger partial charge in [0.05, 0.1) is 6.61 Å². The summed E-state index contributed by atoms with van der Waals surface area (Å²) in [5.41, 5.74) is 6.31. The molecule has 102 valence electrons. The van der Waals surface area contributed by atoms with E-state index in [2.05, 4.69) is 4.52 Å². The van der Waals surface area contributed by atoms with Crippen LogP contribution in [-0.2, 0) is 13.7 Å². The van der Waals surface area contributed by atoms with Crippen LogP contribution in [0.5, 0.6) is 0 Å². The molecule has 0 radical (unpaired) electrons. The number of benzene rings is 1. The van der Waals surface area contributed by atoms with E-state index in [-0.39, 0.29) is 0 Å². The number of aliphatic hydroxyl groups is 1. The van der Waals surface area contributed by atoms with Gasteiger partial charge in [0, 0.05) is 12.4 Å². The van der Waals surface area contributed by atoms with E-state index in [0.29, 0.717) is 11.3 Å². The van der Waals surface area contributed by atoms with Gasteiger partial charge in [-0.05, 0) is 17.7 Å². The summed E-state index contributed by atoms with van der Waals surface area (Å²) in [7, 11) is -8.92. The summed E-state index contributed by atoms with van der Waals surface area (Å²) in [6.07, 6.45) is -1.21. The van der Waals surface area contributed by atoms with E-state index < -0.39 is 27.1 Å². The second-order valence-corrected chi connectivity index (χ2v) is 10.5. The zero-order valence-corrected chi connectivity index (χ0v) is 11.4. The minimum atomic E-state index is -4.64. The molecule has 7 nitrogen and oxygen atoms in total. The predicted molar refractivity (Wildman–Crippen MR) is 67.3 cm³/mol. The van der Waals surface area contributed by atoms with Gasteiger partial charge in [-0.25, -0.2) is 4.57 Å². The molecule has 1 rings (SSSR count). The smallest absolute Gasteiger partial charge is 0.399 e. The summed E-state index contributed by atoms with van der Waals surface area (Å²) in [6, 6.07) is 6.24. The van der Waals surface area contributed by atoms with Crippen LogP contribution in [0.4, 0.5) is 5.69 Å². The molecule has 0 fully saturated rings. The second-order valence-electron chi connectivity index (χ2n) is 3.81. The maximum atomic E-state index is 11.3. The van der Waals surface area contributed by atoms with Crippen LogP contribution in [0.3, 0.4) is 0 Å². The number of hydrogen-bond acceptors (Lipinski definition) is 5. The minimum absolute atomic E-state index is 0.388. The van der Waals surface area contributed by atoms with Gasteiger partial charge in [0.15, 0.2) is 0 Å². The first-order valence-corrected chi connectivity index (χ1v) is 9.34. The number of nitrogen functional groups attached to an aromatic ring is 1. The van der Waals surface area contributed by atoms with Crippen molar-refractivity contribution in [1.29, 1.82) is 0 Å². The Hall–Kier alpha value is -0.680. The number of anilines is 1. The molecular weight excluding hydrogens is 280 g/mol. The standard InChI is InChI=1S/C9H15NO6P2/c1-17(12,13)18(14,15)16-6-9(11)7-3-2-4-8(10)5-7/h2-5,9,11H,6,10H2,1H3,(H,12,13)(H,14,15). The van der Waals surface area contributed by atoms with Crippen molar-refractivity contribution in [2.24, 2.45) is 0 Å². The highest BCUT2D eigenvalue weighted by Gasteiger charge is 2.38. The monoisotopic (exact) mass is 295 g/mol. The fraction of sp³-hybridized carbons (Fsp3) is 0.333. The lowest BCUT2D eigenvalue weighted by atomic mass is 10.1. The first-order valence-electron chi connectivity index (χ1n) is 4.95. The number of rotatable bonds is 5. The van der Waals surface area contributed by atoms with Crippen molar-refractivity contribution in [3.05, 3.63) is 29.8 Å². The normalized spacial score (nSPS) is 19.8. The van der Waals surface area contributed by atoms with E-state index in [0.717, 1.165) is 6.66 Å². The lowest BCUT2D eigenvalue weighted by Crippen LogP contribution is -2.06. The van der Waals surface area contributed by atoms with Gasteiger partial charge < -0.3 is 20.6 Å². The van der Waals surface area contributed by atoms with Crippen LogP contribution in [0.15, 0.2) is 24.3 Å². The van der Waals surface area contributed by atoms with Crippen molar-refractivity contribution in [3.63, 3.8) is 0 Å². The van der Waals surface area contributed by atoms with Crippen LogP contribution in [0.1, 0.15) is 11.7 Å². The highest BCUT2D eigenvalue weighted by atomic mass is 32.1. The summed E-state index contributed by atoms with van der Waals surface area (Å²) in [4.78, 5) is 18.2. The first kappa shape index (κ1) is 15.4. The van der Waals surface area contributed by atoms with Crippen molar-refractivity contribution in [2.45, 2.75) is 6.10 Å². The lowest BCUT2D eigenvalue weighted by Gasteiger charge is -2.17. The Morgan fingerprint density at radius 3 is 2.50 bits per heavy atom. The van der Waals surface area contributed by atoms with Crippen LogP contribution < -0.4 is 5.73 Å². The van der Waals surface area contributed by atoms with Crippen LogP contribution in [-0.4, -0.2) is 28.2 Å². The van der Waals surface area contributed by atoms with Gasteiger partial charge in [-0.1, -0.05) is 12.1 Å². The molecule has 0 aliphatic heterocycles. The van der Waals surface area contributed by atoms with Gasteiger partial charge in [-0.2, -0.15) is 0 Å². The zero-order valence-electron chi connectivity index (χ0n) is 9.63. The van der Waals surface area contributed by atoms with E-state index in [1.807, 2.05) is 0 Å². The fourth-order valence-electron chi connectivity index (χ4n) is 1.14. The fourth-order valence-corrected chi connectivity index (χ4v) is 2.53. The van der Waals surface area contributed by atoms with Crippen LogP contribution in [0.2, 0.25) is 0 Å². The summed E-state index contributed by atoms with van der Waals surface area (Å²) >= 11 is 0. The average Bonchev–Trinajstić information content (AvgIpc) is 2.24. The van der Waals surface area contributed by atoms with Crippen LogP contribution in [0.25, 0.3) is 0 Å². The van der Waals surface area contributed by atoms with Crippen molar-refractivity contribution in [2.75, 3.05) is 19.0 Å². The molecule has 0 aliphatic rings. The maximum absolute atomic E-state index is 11.3. The topological polar surface area (TPSA) is 130 Å². The Bertz CT molecular complexity index is 514. The third-order valence-corrected chi connectivity index (χ3v) is 6.75. The van der Waals surface area contributed by atoms with Gasteiger partial charge in [-0.15, -0.1) is 0 Å². The Morgan fingerprint density at radius 2 is 2.00 bits per heavy atom. The summed E-state index contributed by atoms with van der Waals surface area (Å²) in [5.74, 6) is 0. The molecule has 0 saturated heterocycles. The van der Waals surface area contributed by atoms with E-state index in [4.69, 9.17) is 10.6 Å².